The molecule has 0 aromatic heterocycles. The van der Waals surface area contributed by atoms with E-state index >= 15 is 0 Å². The Labute approximate surface area is 99.0 Å². The van der Waals surface area contributed by atoms with Crippen LogP contribution in [0.4, 0.5) is 0 Å². The summed E-state index contributed by atoms with van der Waals surface area (Å²) in [7, 11) is 1.94. The van der Waals surface area contributed by atoms with E-state index in [9.17, 15) is 0 Å². The zero-order chi connectivity index (χ0) is 12.0. The fourth-order valence-electron chi connectivity index (χ4n) is 1.61. The third kappa shape index (κ3) is 3.24. The predicted molar refractivity (Wildman–Crippen MR) is 69.2 cm³/mol. The van der Waals surface area contributed by atoms with Crippen LogP contribution in [0.1, 0.15) is 32.8 Å². The molecule has 0 radical (unpaired) electrons. The first-order valence-electron chi connectivity index (χ1n) is 5.98. The van der Waals surface area contributed by atoms with Gasteiger partial charge in [-0.3, -0.25) is 0 Å². The van der Waals surface area contributed by atoms with Gasteiger partial charge in [0.15, 0.2) is 0 Å². The summed E-state index contributed by atoms with van der Waals surface area (Å²) in [5.74, 6) is 1.02. The Morgan fingerprint density at radius 2 is 1.94 bits per heavy atom. The number of rotatable bonds is 6. The fourth-order valence-corrected chi connectivity index (χ4v) is 1.61. The highest BCUT2D eigenvalue weighted by atomic mass is 16.5. The Morgan fingerprint density at radius 3 is 2.56 bits per heavy atom. The van der Waals surface area contributed by atoms with Gasteiger partial charge in [0.2, 0.25) is 0 Å². The average Bonchev–Trinajstić information content (AvgIpc) is 2.30. The molecule has 16 heavy (non-hydrogen) atoms. The molecule has 0 saturated heterocycles. The zero-order valence-electron chi connectivity index (χ0n) is 10.8. The molecule has 0 heterocycles. The van der Waals surface area contributed by atoms with Gasteiger partial charge >= 0.3 is 0 Å². The van der Waals surface area contributed by atoms with Crippen molar-refractivity contribution in [2.75, 3.05) is 20.2 Å². The predicted octanol–water partition coefficient (Wildman–Crippen LogP) is 2.97. The van der Waals surface area contributed by atoms with E-state index in [0.29, 0.717) is 6.61 Å². The van der Waals surface area contributed by atoms with E-state index in [0.717, 1.165) is 18.7 Å². The van der Waals surface area contributed by atoms with Crippen LogP contribution in [0.3, 0.4) is 0 Å². The summed E-state index contributed by atoms with van der Waals surface area (Å²) in [6.07, 6.45) is 1.11. The molecular formula is C14H23NO. The highest BCUT2D eigenvalue weighted by Gasteiger charge is 2.21. The summed E-state index contributed by atoms with van der Waals surface area (Å²) in [5, 5.41) is 3.09. The van der Waals surface area contributed by atoms with Crippen molar-refractivity contribution in [2.45, 2.75) is 32.6 Å². The lowest BCUT2D eigenvalue weighted by Gasteiger charge is -2.26. The van der Waals surface area contributed by atoms with E-state index in [-0.39, 0.29) is 5.41 Å². The van der Waals surface area contributed by atoms with Crippen LogP contribution >= 0.6 is 0 Å². The molecule has 1 aromatic carbocycles. The highest BCUT2D eigenvalue weighted by molar-refractivity contribution is 5.38. The third-order valence-electron chi connectivity index (χ3n) is 3.11. The maximum atomic E-state index is 5.80. The molecule has 1 rings (SSSR count). The lowest BCUT2D eigenvalue weighted by Crippen LogP contribution is -2.20. The van der Waals surface area contributed by atoms with Crippen molar-refractivity contribution in [2.24, 2.45) is 0 Å². The summed E-state index contributed by atoms with van der Waals surface area (Å²) < 4.78 is 5.80. The number of para-hydroxylation sites is 1. The fraction of sp³-hybridized carbons (Fsp3) is 0.571. The van der Waals surface area contributed by atoms with E-state index < -0.39 is 0 Å². The molecule has 0 aliphatic heterocycles. The standard InChI is InChI=1S/C14H23NO/c1-5-14(2,3)12-8-6-7-9-13(12)16-11-10-15-4/h6-9,15H,5,10-11H2,1-4H3. The van der Waals surface area contributed by atoms with E-state index in [2.05, 4.69) is 44.3 Å². The molecule has 0 saturated carbocycles. The van der Waals surface area contributed by atoms with E-state index in [1.165, 1.54) is 5.56 Å². The van der Waals surface area contributed by atoms with E-state index in [1.54, 1.807) is 0 Å². The zero-order valence-corrected chi connectivity index (χ0v) is 10.8. The van der Waals surface area contributed by atoms with Gasteiger partial charge in [0.25, 0.3) is 0 Å². The first-order chi connectivity index (χ1) is 7.61. The number of hydrogen-bond acceptors (Lipinski definition) is 2. The first kappa shape index (κ1) is 13.0. The Bertz CT molecular complexity index is 320. The Kier molecular flexibility index (Phi) is 4.81. The summed E-state index contributed by atoms with van der Waals surface area (Å²) in [6, 6.07) is 8.34. The second-order valence-electron chi connectivity index (χ2n) is 4.69. The van der Waals surface area contributed by atoms with Crippen LogP contribution in [0, 0.1) is 0 Å². The summed E-state index contributed by atoms with van der Waals surface area (Å²) in [4.78, 5) is 0. The molecule has 0 atom stereocenters. The molecular weight excluding hydrogens is 198 g/mol. The third-order valence-corrected chi connectivity index (χ3v) is 3.11. The molecule has 0 aliphatic carbocycles. The van der Waals surface area contributed by atoms with Gasteiger partial charge < -0.3 is 10.1 Å². The number of likely N-dealkylation sites (N-methyl/N-ethyl adjacent to an activating group) is 1. The van der Waals surface area contributed by atoms with Gasteiger partial charge in [-0.1, -0.05) is 39.0 Å². The van der Waals surface area contributed by atoms with Gasteiger partial charge in [0.05, 0.1) is 0 Å². The van der Waals surface area contributed by atoms with Gasteiger partial charge in [0, 0.05) is 6.54 Å². The van der Waals surface area contributed by atoms with Gasteiger partial charge in [-0.25, -0.2) is 0 Å². The minimum atomic E-state index is 0.177. The number of benzene rings is 1. The van der Waals surface area contributed by atoms with Crippen molar-refractivity contribution in [1.29, 1.82) is 0 Å². The SMILES string of the molecule is CCC(C)(C)c1ccccc1OCCNC. The van der Waals surface area contributed by atoms with Crippen molar-refractivity contribution in [3.05, 3.63) is 29.8 Å². The maximum Gasteiger partial charge on any atom is 0.123 e. The lowest BCUT2D eigenvalue weighted by atomic mass is 9.82. The van der Waals surface area contributed by atoms with E-state index in [1.807, 2.05) is 13.1 Å². The molecule has 90 valence electrons. The lowest BCUT2D eigenvalue weighted by molar-refractivity contribution is 0.307. The Balaban J connectivity index is 2.83. The minimum absolute atomic E-state index is 0.177. The van der Waals surface area contributed by atoms with Crippen LogP contribution < -0.4 is 10.1 Å². The van der Waals surface area contributed by atoms with Gasteiger partial charge in [-0.2, -0.15) is 0 Å². The number of hydrogen-bond donors (Lipinski definition) is 1. The van der Waals surface area contributed by atoms with Crippen molar-refractivity contribution < 1.29 is 4.74 Å². The molecule has 0 aliphatic rings. The maximum absolute atomic E-state index is 5.80. The molecule has 2 nitrogen and oxygen atoms in total. The average molecular weight is 221 g/mol. The highest BCUT2D eigenvalue weighted by Crippen LogP contribution is 2.33. The number of nitrogens with one attached hydrogen (secondary N) is 1. The smallest absolute Gasteiger partial charge is 0.123 e. The molecule has 1 N–H and O–H groups in total. The summed E-state index contributed by atoms with van der Waals surface area (Å²) >= 11 is 0. The molecule has 0 fully saturated rings. The van der Waals surface area contributed by atoms with Gasteiger partial charge in [0.1, 0.15) is 12.4 Å². The van der Waals surface area contributed by atoms with Crippen LogP contribution in [0.25, 0.3) is 0 Å². The molecule has 0 amide bonds. The van der Waals surface area contributed by atoms with Crippen molar-refractivity contribution in [3.63, 3.8) is 0 Å². The Morgan fingerprint density at radius 1 is 1.25 bits per heavy atom. The van der Waals surface area contributed by atoms with Crippen LogP contribution in [-0.4, -0.2) is 20.2 Å². The monoisotopic (exact) mass is 221 g/mol. The number of ether oxygens (including phenoxy) is 1. The molecule has 2 heteroatoms. The van der Waals surface area contributed by atoms with Crippen LogP contribution in [0.5, 0.6) is 5.75 Å². The molecule has 0 unspecified atom stereocenters. The van der Waals surface area contributed by atoms with Crippen molar-refractivity contribution in [3.8, 4) is 5.75 Å². The second kappa shape index (κ2) is 5.90. The minimum Gasteiger partial charge on any atom is -0.492 e. The topological polar surface area (TPSA) is 21.3 Å². The second-order valence-corrected chi connectivity index (χ2v) is 4.69. The van der Waals surface area contributed by atoms with Crippen LogP contribution in [-0.2, 0) is 5.41 Å². The van der Waals surface area contributed by atoms with Crippen molar-refractivity contribution in [1.82, 2.24) is 5.32 Å². The van der Waals surface area contributed by atoms with Gasteiger partial charge in [-0.05, 0) is 30.5 Å². The largest absolute Gasteiger partial charge is 0.492 e. The first-order valence-corrected chi connectivity index (χ1v) is 5.98. The Hall–Kier alpha value is -1.02. The van der Waals surface area contributed by atoms with Crippen LogP contribution in [0.2, 0.25) is 0 Å². The van der Waals surface area contributed by atoms with Gasteiger partial charge in [-0.15, -0.1) is 0 Å². The van der Waals surface area contributed by atoms with E-state index in [4.69, 9.17) is 4.74 Å². The van der Waals surface area contributed by atoms with Crippen molar-refractivity contribution >= 4 is 0 Å². The molecule has 1 aromatic rings. The normalized spacial score (nSPS) is 11.5. The molecule has 0 bridgehead atoms. The van der Waals surface area contributed by atoms with Crippen LogP contribution in [0.15, 0.2) is 24.3 Å². The summed E-state index contributed by atoms with van der Waals surface area (Å²) in [6.45, 7) is 8.32. The quantitative estimate of drug-likeness (QED) is 0.746. The summed E-state index contributed by atoms with van der Waals surface area (Å²) in [5.41, 5.74) is 1.48. The molecule has 0 spiro atoms.